The number of rotatable bonds is 18. The molecule has 0 heterocycles. The number of hydrogen-bond donors (Lipinski definition) is 2. The standard InChI is InChI=1S/C37H44O7S2.Na/c1-3-5-7-10-22-43-24-21-27-13-19-34(38)33(25-27)37(39)32-12-9-8-11-31(32)28-14-20-35(36(26-28)46(40,41)42)45-30-17-15-29(16-18-30)44-23-6-4-2;/h8-9,11-20,25-26,37-39H,3-7,10,21-24H2,1-2H3,(H,40,41,42);/q;+1/p-1. The summed E-state index contributed by atoms with van der Waals surface area (Å²) in [6.07, 6.45) is 5.97. The van der Waals surface area contributed by atoms with Crippen LogP contribution in [0.3, 0.4) is 0 Å². The first-order chi connectivity index (χ1) is 22.2. The number of benzene rings is 4. The average Bonchev–Trinajstić information content (AvgIpc) is 3.05. The summed E-state index contributed by atoms with van der Waals surface area (Å²) < 4.78 is 48.8. The summed E-state index contributed by atoms with van der Waals surface area (Å²) in [6.45, 7) is 6.14. The first-order valence-electron chi connectivity index (χ1n) is 15.9. The molecule has 7 nitrogen and oxygen atoms in total. The summed E-state index contributed by atoms with van der Waals surface area (Å²) in [5.41, 5.74) is 2.72. The quantitative estimate of drug-likeness (QED) is 0.0800. The van der Waals surface area contributed by atoms with E-state index in [2.05, 4.69) is 13.8 Å². The minimum Gasteiger partial charge on any atom is -0.744 e. The van der Waals surface area contributed by atoms with Crippen molar-refractivity contribution in [1.29, 1.82) is 0 Å². The van der Waals surface area contributed by atoms with Crippen LogP contribution in [0.4, 0.5) is 0 Å². The fourth-order valence-corrected chi connectivity index (χ4v) is 6.93. The number of aliphatic hydroxyl groups excluding tert-OH is 1. The van der Waals surface area contributed by atoms with Crippen LogP contribution in [-0.4, -0.2) is 43.0 Å². The maximum absolute atomic E-state index is 12.4. The molecule has 0 bridgehead atoms. The van der Waals surface area contributed by atoms with Gasteiger partial charge in [-0.15, -0.1) is 0 Å². The minimum absolute atomic E-state index is 0. The Balaban J connectivity index is 0.00000600. The van der Waals surface area contributed by atoms with Crippen molar-refractivity contribution >= 4 is 21.9 Å². The molecule has 0 saturated heterocycles. The third-order valence-corrected chi connectivity index (χ3v) is 9.75. The Morgan fingerprint density at radius 2 is 1.55 bits per heavy atom. The van der Waals surface area contributed by atoms with Crippen LogP contribution >= 0.6 is 11.8 Å². The van der Waals surface area contributed by atoms with Crippen molar-refractivity contribution in [3.63, 3.8) is 0 Å². The van der Waals surface area contributed by atoms with Crippen LogP contribution in [0, 0.1) is 0 Å². The van der Waals surface area contributed by atoms with Crippen LogP contribution in [0.1, 0.15) is 75.2 Å². The van der Waals surface area contributed by atoms with E-state index in [0.29, 0.717) is 53.4 Å². The number of phenolic OH excluding ortho intramolecular Hbond substituents is 1. The van der Waals surface area contributed by atoms with Gasteiger partial charge in [0, 0.05) is 22.0 Å². The SMILES string of the molecule is CCCCCCOCCc1ccc(O)c(C(O)c2ccccc2-c2ccc(Sc3ccc(OCCCC)cc3)c(S(=O)(=O)[O-])c2)c1.[Na+]. The summed E-state index contributed by atoms with van der Waals surface area (Å²) in [5, 5.41) is 22.2. The molecule has 1 unspecified atom stereocenters. The summed E-state index contributed by atoms with van der Waals surface area (Å²) in [4.78, 5) is 0.713. The van der Waals surface area contributed by atoms with Gasteiger partial charge in [-0.3, -0.25) is 0 Å². The number of phenols is 1. The Kier molecular flexibility index (Phi) is 16.3. The van der Waals surface area contributed by atoms with Gasteiger partial charge in [0.1, 0.15) is 27.7 Å². The van der Waals surface area contributed by atoms with E-state index in [-0.39, 0.29) is 40.2 Å². The zero-order valence-corrected chi connectivity index (χ0v) is 31.1. The Bertz CT molecular complexity index is 1660. The maximum Gasteiger partial charge on any atom is 1.00 e. The van der Waals surface area contributed by atoms with E-state index in [0.717, 1.165) is 41.9 Å². The van der Waals surface area contributed by atoms with Gasteiger partial charge >= 0.3 is 29.6 Å². The van der Waals surface area contributed by atoms with Crippen LogP contribution in [0.2, 0.25) is 0 Å². The Hall–Kier alpha value is -2.34. The maximum atomic E-state index is 12.4. The number of aromatic hydroxyl groups is 1. The van der Waals surface area contributed by atoms with E-state index in [9.17, 15) is 23.2 Å². The molecular formula is C37H43NaO7S2. The molecule has 246 valence electrons. The normalized spacial score (nSPS) is 12.0. The summed E-state index contributed by atoms with van der Waals surface area (Å²) in [5.74, 6) is 0.672. The van der Waals surface area contributed by atoms with E-state index in [1.807, 2.05) is 30.3 Å². The van der Waals surface area contributed by atoms with E-state index in [4.69, 9.17) is 9.47 Å². The van der Waals surface area contributed by atoms with Crippen molar-refractivity contribution < 1.29 is 62.2 Å². The molecule has 2 N–H and O–H groups in total. The molecule has 0 amide bonds. The van der Waals surface area contributed by atoms with Crippen molar-refractivity contribution in [1.82, 2.24) is 0 Å². The molecule has 4 aromatic carbocycles. The van der Waals surface area contributed by atoms with Gasteiger partial charge < -0.3 is 24.2 Å². The molecule has 0 radical (unpaired) electrons. The van der Waals surface area contributed by atoms with Crippen molar-refractivity contribution in [3.8, 4) is 22.6 Å². The zero-order valence-electron chi connectivity index (χ0n) is 27.5. The van der Waals surface area contributed by atoms with Crippen molar-refractivity contribution in [2.75, 3.05) is 19.8 Å². The van der Waals surface area contributed by atoms with Crippen molar-refractivity contribution in [3.05, 3.63) is 102 Å². The fraction of sp³-hybridized carbons (Fsp3) is 0.351. The monoisotopic (exact) mass is 686 g/mol. The average molecular weight is 687 g/mol. The van der Waals surface area contributed by atoms with Gasteiger partial charge in [0.25, 0.3) is 0 Å². The molecule has 0 aliphatic carbocycles. The van der Waals surface area contributed by atoms with Crippen LogP contribution in [0.25, 0.3) is 11.1 Å². The van der Waals surface area contributed by atoms with Gasteiger partial charge in [0.05, 0.1) is 18.1 Å². The first-order valence-corrected chi connectivity index (χ1v) is 18.1. The predicted molar refractivity (Wildman–Crippen MR) is 182 cm³/mol. The molecule has 0 saturated carbocycles. The number of ether oxygens (including phenoxy) is 2. The van der Waals surface area contributed by atoms with Gasteiger partial charge in [-0.2, -0.15) is 0 Å². The Morgan fingerprint density at radius 1 is 0.809 bits per heavy atom. The van der Waals surface area contributed by atoms with Gasteiger partial charge in [-0.05, 0) is 90.0 Å². The summed E-state index contributed by atoms with van der Waals surface area (Å²) in [7, 11) is -4.83. The number of aliphatic hydroxyl groups is 1. The fourth-order valence-electron chi connectivity index (χ4n) is 5.09. The van der Waals surface area contributed by atoms with Crippen molar-refractivity contribution in [2.45, 2.75) is 79.6 Å². The van der Waals surface area contributed by atoms with E-state index < -0.39 is 16.2 Å². The van der Waals surface area contributed by atoms with Gasteiger partial charge in [-0.25, -0.2) is 8.42 Å². The third kappa shape index (κ3) is 11.6. The smallest absolute Gasteiger partial charge is 0.744 e. The van der Waals surface area contributed by atoms with Crippen LogP contribution in [-0.2, 0) is 21.3 Å². The topological polar surface area (TPSA) is 116 Å². The number of hydrogen-bond acceptors (Lipinski definition) is 8. The van der Waals surface area contributed by atoms with E-state index in [1.54, 1.807) is 48.5 Å². The molecule has 4 aromatic rings. The third-order valence-electron chi connectivity index (χ3n) is 7.66. The minimum atomic E-state index is -4.83. The second kappa shape index (κ2) is 19.6. The second-order valence-electron chi connectivity index (χ2n) is 11.2. The molecular weight excluding hydrogens is 644 g/mol. The van der Waals surface area contributed by atoms with Crippen LogP contribution in [0.5, 0.6) is 11.5 Å². The molecule has 4 rings (SSSR count). The zero-order chi connectivity index (χ0) is 32.9. The molecule has 0 aromatic heterocycles. The first kappa shape index (κ1) is 39.1. The van der Waals surface area contributed by atoms with Crippen molar-refractivity contribution in [2.24, 2.45) is 0 Å². The molecule has 0 aliphatic heterocycles. The van der Waals surface area contributed by atoms with Crippen LogP contribution < -0.4 is 34.3 Å². The molecule has 0 spiro atoms. The second-order valence-corrected chi connectivity index (χ2v) is 13.7. The summed E-state index contributed by atoms with van der Waals surface area (Å²) >= 11 is 1.18. The van der Waals surface area contributed by atoms with E-state index >= 15 is 0 Å². The molecule has 1 atom stereocenters. The molecule has 47 heavy (non-hydrogen) atoms. The molecule has 0 fully saturated rings. The molecule has 10 heteroatoms. The van der Waals surface area contributed by atoms with Gasteiger partial charge in [-0.1, -0.05) is 87.7 Å². The Labute approximate surface area is 305 Å². The van der Waals surface area contributed by atoms with Gasteiger partial charge in [0.2, 0.25) is 0 Å². The van der Waals surface area contributed by atoms with Gasteiger partial charge in [0.15, 0.2) is 0 Å². The van der Waals surface area contributed by atoms with E-state index in [1.165, 1.54) is 30.7 Å². The van der Waals surface area contributed by atoms with Crippen LogP contribution in [0.15, 0.2) is 99.6 Å². The predicted octanol–water partition coefficient (Wildman–Crippen LogP) is 5.52. The molecule has 0 aliphatic rings. The Morgan fingerprint density at radius 3 is 2.28 bits per heavy atom. The largest absolute Gasteiger partial charge is 1.00 e. The number of unbranched alkanes of at least 4 members (excludes halogenated alkanes) is 4. The summed E-state index contributed by atoms with van der Waals surface area (Å²) in [6, 6.07) is 24.2.